The van der Waals surface area contributed by atoms with Crippen LogP contribution in [0.2, 0.25) is 0 Å². The molecule has 2 aromatic carbocycles. The van der Waals surface area contributed by atoms with E-state index >= 15 is 0 Å². The predicted octanol–water partition coefficient (Wildman–Crippen LogP) is 5.02. The van der Waals surface area contributed by atoms with Crippen LogP contribution < -0.4 is 10.1 Å². The van der Waals surface area contributed by atoms with Gasteiger partial charge in [-0.15, -0.1) is 0 Å². The Balaban J connectivity index is 1.98. The Morgan fingerprint density at radius 2 is 1.97 bits per heavy atom. The number of furan rings is 1. The first kappa shape index (κ1) is 22.1. The number of rotatable bonds is 8. The molecule has 1 atom stereocenters. The van der Waals surface area contributed by atoms with Crippen LogP contribution in [0.4, 0.5) is 4.39 Å². The number of carbonyl (C=O) groups excluding carboxylic acids is 1. The maximum absolute atomic E-state index is 13.3. The SMILES string of the molecule is CCCC(NC(=O)/C=C(\C)c1cc2c(-c3ccc(F)cc3)coc2cc1OC)C(=O)O. The third-order valence-electron chi connectivity index (χ3n) is 5.02. The van der Waals surface area contributed by atoms with E-state index in [1.54, 1.807) is 31.4 Å². The minimum atomic E-state index is -1.07. The Morgan fingerprint density at radius 3 is 2.58 bits per heavy atom. The molecule has 0 saturated carbocycles. The van der Waals surface area contributed by atoms with Crippen molar-refractivity contribution in [1.29, 1.82) is 0 Å². The molecule has 1 aromatic heterocycles. The summed E-state index contributed by atoms with van der Waals surface area (Å²) in [4.78, 5) is 23.7. The molecule has 0 bridgehead atoms. The number of amides is 1. The van der Waals surface area contributed by atoms with Crippen LogP contribution in [0.5, 0.6) is 5.75 Å². The highest BCUT2D eigenvalue weighted by atomic mass is 19.1. The van der Waals surface area contributed by atoms with Crippen LogP contribution in [0, 0.1) is 5.82 Å². The summed E-state index contributed by atoms with van der Waals surface area (Å²) in [6.07, 6.45) is 3.93. The van der Waals surface area contributed by atoms with Crippen molar-refractivity contribution >= 4 is 28.4 Å². The molecule has 0 aliphatic rings. The van der Waals surface area contributed by atoms with Crippen molar-refractivity contribution in [2.75, 3.05) is 7.11 Å². The maximum atomic E-state index is 13.3. The molecule has 1 unspecified atom stereocenters. The number of benzene rings is 2. The largest absolute Gasteiger partial charge is 0.496 e. The Morgan fingerprint density at radius 1 is 1.26 bits per heavy atom. The molecule has 0 fully saturated rings. The number of aliphatic carboxylic acids is 1. The molecular weight excluding hydrogens is 401 g/mol. The lowest BCUT2D eigenvalue weighted by atomic mass is 9.99. The molecule has 162 valence electrons. The van der Waals surface area contributed by atoms with E-state index in [2.05, 4.69) is 5.32 Å². The zero-order valence-corrected chi connectivity index (χ0v) is 17.6. The molecule has 3 rings (SSSR count). The molecule has 0 saturated heterocycles. The number of halogens is 1. The number of hydrogen-bond acceptors (Lipinski definition) is 4. The highest BCUT2D eigenvalue weighted by molar-refractivity contribution is 6.01. The number of ether oxygens (including phenoxy) is 1. The second-order valence-corrected chi connectivity index (χ2v) is 7.22. The highest BCUT2D eigenvalue weighted by Crippen LogP contribution is 2.37. The second-order valence-electron chi connectivity index (χ2n) is 7.22. The first-order valence-corrected chi connectivity index (χ1v) is 9.91. The van der Waals surface area contributed by atoms with Gasteiger partial charge in [-0.3, -0.25) is 4.79 Å². The zero-order chi connectivity index (χ0) is 22.5. The fourth-order valence-corrected chi connectivity index (χ4v) is 3.42. The van der Waals surface area contributed by atoms with Crippen molar-refractivity contribution in [3.05, 3.63) is 60.1 Å². The fourth-order valence-electron chi connectivity index (χ4n) is 3.42. The van der Waals surface area contributed by atoms with E-state index < -0.39 is 17.9 Å². The van der Waals surface area contributed by atoms with E-state index in [0.29, 0.717) is 35.3 Å². The Kier molecular flexibility index (Phi) is 6.74. The van der Waals surface area contributed by atoms with Crippen molar-refractivity contribution in [2.45, 2.75) is 32.7 Å². The van der Waals surface area contributed by atoms with Crippen LogP contribution in [0.1, 0.15) is 32.3 Å². The van der Waals surface area contributed by atoms with Gasteiger partial charge in [0.15, 0.2) is 0 Å². The molecule has 0 aliphatic carbocycles. The third-order valence-corrected chi connectivity index (χ3v) is 5.02. The molecule has 7 heteroatoms. The molecule has 1 amide bonds. The number of carboxylic acid groups (broad SMARTS) is 1. The van der Waals surface area contributed by atoms with E-state index in [9.17, 15) is 19.1 Å². The van der Waals surface area contributed by atoms with Gasteiger partial charge in [-0.2, -0.15) is 0 Å². The maximum Gasteiger partial charge on any atom is 0.326 e. The zero-order valence-electron chi connectivity index (χ0n) is 17.6. The van der Waals surface area contributed by atoms with Crippen LogP contribution in [0.15, 0.2) is 53.2 Å². The lowest BCUT2D eigenvalue weighted by molar-refractivity contribution is -0.141. The van der Waals surface area contributed by atoms with Crippen LogP contribution in [0.3, 0.4) is 0 Å². The number of carbonyl (C=O) groups is 2. The van der Waals surface area contributed by atoms with E-state index in [4.69, 9.17) is 9.15 Å². The van der Waals surface area contributed by atoms with Gasteiger partial charge in [-0.1, -0.05) is 25.5 Å². The molecule has 31 heavy (non-hydrogen) atoms. The Bertz CT molecular complexity index is 1130. The summed E-state index contributed by atoms with van der Waals surface area (Å²) in [6, 6.07) is 8.72. The summed E-state index contributed by atoms with van der Waals surface area (Å²) >= 11 is 0. The first-order valence-electron chi connectivity index (χ1n) is 9.91. The number of nitrogens with one attached hydrogen (secondary N) is 1. The van der Waals surface area contributed by atoms with Gasteiger partial charge in [0.1, 0.15) is 23.2 Å². The van der Waals surface area contributed by atoms with Crippen molar-refractivity contribution in [3.8, 4) is 16.9 Å². The average Bonchev–Trinajstić information content (AvgIpc) is 3.15. The van der Waals surface area contributed by atoms with Crippen molar-refractivity contribution in [3.63, 3.8) is 0 Å². The summed E-state index contributed by atoms with van der Waals surface area (Å²) in [7, 11) is 1.52. The van der Waals surface area contributed by atoms with Crippen LogP contribution in [-0.2, 0) is 9.59 Å². The van der Waals surface area contributed by atoms with Crippen LogP contribution >= 0.6 is 0 Å². The molecule has 1 heterocycles. The molecule has 0 radical (unpaired) electrons. The van der Waals surface area contributed by atoms with Gasteiger partial charge in [0.25, 0.3) is 0 Å². The second kappa shape index (κ2) is 9.47. The summed E-state index contributed by atoms with van der Waals surface area (Å²) in [5, 5.41) is 12.6. The van der Waals surface area contributed by atoms with Crippen LogP contribution in [0.25, 0.3) is 27.7 Å². The van der Waals surface area contributed by atoms with E-state index in [0.717, 1.165) is 16.5 Å². The monoisotopic (exact) mass is 425 g/mol. The minimum Gasteiger partial charge on any atom is -0.496 e. The van der Waals surface area contributed by atoms with Gasteiger partial charge in [0.05, 0.1) is 13.4 Å². The molecule has 0 aliphatic heterocycles. The van der Waals surface area contributed by atoms with Gasteiger partial charge in [-0.25, -0.2) is 9.18 Å². The molecule has 6 nitrogen and oxygen atoms in total. The van der Waals surface area contributed by atoms with Crippen molar-refractivity contribution < 1.29 is 28.2 Å². The highest BCUT2D eigenvalue weighted by Gasteiger charge is 2.19. The molecule has 0 spiro atoms. The first-order chi connectivity index (χ1) is 14.8. The third kappa shape index (κ3) is 4.94. The van der Waals surface area contributed by atoms with E-state index in [1.165, 1.54) is 25.3 Å². The van der Waals surface area contributed by atoms with Crippen molar-refractivity contribution in [1.82, 2.24) is 5.32 Å². The normalized spacial score (nSPS) is 12.6. The number of allylic oxidation sites excluding steroid dienone is 1. The molecule has 3 aromatic rings. The standard InChI is InChI=1S/C24H24FNO5/c1-4-5-20(24(28)29)26-23(27)10-14(2)17-11-18-19(15-6-8-16(25)9-7-15)13-31-22(18)12-21(17)30-3/h6-13,20H,4-5H2,1-3H3,(H,26,27)(H,28,29)/b14-10+. The average molecular weight is 425 g/mol. The van der Waals surface area contributed by atoms with Gasteiger partial charge in [-0.05, 0) is 42.7 Å². The van der Waals surface area contributed by atoms with Crippen molar-refractivity contribution in [2.24, 2.45) is 0 Å². The van der Waals surface area contributed by atoms with Gasteiger partial charge in [0, 0.05) is 28.7 Å². The number of methoxy groups -OCH3 is 1. The number of hydrogen-bond donors (Lipinski definition) is 2. The Hall–Kier alpha value is -3.61. The van der Waals surface area contributed by atoms with Gasteiger partial charge in [0.2, 0.25) is 5.91 Å². The quantitative estimate of drug-likeness (QED) is 0.495. The smallest absolute Gasteiger partial charge is 0.326 e. The summed E-state index contributed by atoms with van der Waals surface area (Å²) in [5.41, 5.74) is 3.43. The predicted molar refractivity (Wildman–Crippen MR) is 116 cm³/mol. The van der Waals surface area contributed by atoms with Gasteiger partial charge >= 0.3 is 5.97 Å². The molecule has 2 N–H and O–H groups in total. The van der Waals surface area contributed by atoms with Crippen LogP contribution in [-0.4, -0.2) is 30.1 Å². The lowest BCUT2D eigenvalue weighted by Gasteiger charge is -2.13. The van der Waals surface area contributed by atoms with Gasteiger partial charge < -0.3 is 19.6 Å². The number of carboxylic acids is 1. The lowest BCUT2D eigenvalue weighted by Crippen LogP contribution is -2.39. The van der Waals surface area contributed by atoms with E-state index in [-0.39, 0.29) is 5.82 Å². The Labute approximate surface area is 179 Å². The molecular formula is C24H24FNO5. The van der Waals surface area contributed by atoms with E-state index in [1.807, 2.05) is 13.0 Å². The number of fused-ring (bicyclic) bond motifs is 1. The summed E-state index contributed by atoms with van der Waals surface area (Å²) in [6.45, 7) is 3.60. The summed E-state index contributed by atoms with van der Waals surface area (Å²) in [5.74, 6) is -1.38. The summed E-state index contributed by atoms with van der Waals surface area (Å²) < 4.78 is 24.4. The minimum absolute atomic E-state index is 0.327. The topological polar surface area (TPSA) is 88.8 Å². The fraction of sp³-hybridized carbons (Fsp3) is 0.250.